The summed E-state index contributed by atoms with van der Waals surface area (Å²) in [4.78, 5) is 2.13. The van der Waals surface area contributed by atoms with Gasteiger partial charge in [0.25, 0.3) is 0 Å². The Morgan fingerprint density at radius 1 is 1.18 bits per heavy atom. The Morgan fingerprint density at radius 2 is 1.82 bits per heavy atom. The summed E-state index contributed by atoms with van der Waals surface area (Å²) in [6, 6.07) is 2.72. The summed E-state index contributed by atoms with van der Waals surface area (Å²) in [6.07, 6.45) is -2.95. The second kappa shape index (κ2) is 8.13. The maximum absolute atomic E-state index is 13.6. The van der Waals surface area contributed by atoms with E-state index in [1.165, 1.54) is 6.07 Å². The van der Waals surface area contributed by atoms with Crippen LogP contribution in [0.4, 0.5) is 17.6 Å². The van der Waals surface area contributed by atoms with Crippen LogP contribution in [0.2, 0.25) is 0 Å². The Morgan fingerprint density at radius 3 is 2.36 bits per heavy atom. The molecule has 22 heavy (non-hydrogen) atoms. The van der Waals surface area contributed by atoms with Gasteiger partial charge in [-0.05, 0) is 30.2 Å². The van der Waals surface area contributed by atoms with Crippen molar-refractivity contribution in [3.8, 4) is 0 Å². The van der Waals surface area contributed by atoms with Gasteiger partial charge in [0.2, 0.25) is 0 Å². The van der Waals surface area contributed by atoms with Crippen LogP contribution in [-0.2, 0) is 6.18 Å². The van der Waals surface area contributed by atoms with Crippen molar-refractivity contribution in [3.05, 3.63) is 35.1 Å². The van der Waals surface area contributed by atoms with Gasteiger partial charge in [0.05, 0.1) is 5.56 Å². The van der Waals surface area contributed by atoms with Gasteiger partial charge >= 0.3 is 6.18 Å². The highest BCUT2D eigenvalue weighted by Gasteiger charge is 2.32. The minimum absolute atomic E-state index is 0. The molecule has 0 saturated carbocycles. The summed E-state index contributed by atoms with van der Waals surface area (Å²) in [5, 5.41) is 3.21. The van der Waals surface area contributed by atoms with Crippen molar-refractivity contribution in [2.45, 2.75) is 32.0 Å². The van der Waals surface area contributed by atoms with Crippen LogP contribution in [0.3, 0.4) is 0 Å². The Labute approximate surface area is 134 Å². The van der Waals surface area contributed by atoms with Gasteiger partial charge < -0.3 is 5.32 Å². The standard InChI is InChI=1S/C15H20F4N2.ClH/c1-2-3-14(21-6-4-20-5-7-21)11-8-12(15(17,18)19)10-13(16)9-11;/h8-10,14,20H,2-7H2,1H3;1H/t14-;/m0./s1. The fourth-order valence-corrected chi connectivity index (χ4v) is 2.80. The van der Waals surface area contributed by atoms with Crippen LogP contribution in [0.15, 0.2) is 18.2 Å². The van der Waals surface area contributed by atoms with E-state index in [1.807, 2.05) is 6.92 Å². The van der Waals surface area contributed by atoms with E-state index in [0.29, 0.717) is 11.6 Å². The van der Waals surface area contributed by atoms with Crippen molar-refractivity contribution in [2.24, 2.45) is 0 Å². The van der Waals surface area contributed by atoms with Gasteiger partial charge in [-0.2, -0.15) is 13.2 Å². The summed E-state index contributed by atoms with van der Waals surface area (Å²) < 4.78 is 52.1. The molecule has 1 aliphatic rings. The van der Waals surface area contributed by atoms with Crippen LogP contribution in [0.5, 0.6) is 0 Å². The van der Waals surface area contributed by atoms with E-state index in [0.717, 1.165) is 45.1 Å². The van der Waals surface area contributed by atoms with Gasteiger partial charge in [-0.15, -0.1) is 12.4 Å². The minimum Gasteiger partial charge on any atom is -0.314 e. The minimum atomic E-state index is -4.52. The normalized spacial score (nSPS) is 17.9. The molecule has 1 N–H and O–H groups in total. The summed E-state index contributed by atoms with van der Waals surface area (Å²) in [5.41, 5.74) is -0.486. The van der Waals surface area contributed by atoms with Crippen LogP contribution in [-0.4, -0.2) is 31.1 Å². The quantitative estimate of drug-likeness (QED) is 0.833. The summed E-state index contributed by atoms with van der Waals surface area (Å²) in [7, 11) is 0. The third-order valence-electron chi connectivity index (χ3n) is 3.79. The zero-order valence-electron chi connectivity index (χ0n) is 12.4. The first-order valence-electron chi connectivity index (χ1n) is 7.24. The molecule has 0 aliphatic carbocycles. The monoisotopic (exact) mass is 340 g/mol. The second-order valence-electron chi connectivity index (χ2n) is 5.36. The van der Waals surface area contributed by atoms with Crippen molar-refractivity contribution in [3.63, 3.8) is 0 Å². The topological polar surface area (TPSA) is 15.3 Å². The van der Waals surface area contributed by atoms with Crippen LogP contribution in [0.1, 0.15) is 36.9 Å². The maximum Gasteiger partial charge on any atom is 0.416 e. The van der Waals surface area contributed by atoms with Gasteiger partial charge in [0, 0.05) is 32.2 Å². The predicted molar refractivity (Wildman–Crippen MR) is 80.7 cm³/mol. The van der Waals surface area contributed by atoms with Gasteiger partial charge in [-0.25, -0.2) is 4.39 Å². The molecule has 7 heteroatoms. The molecule has 2 rings (SSSR count). The molecule has 2 nitrogen and oxygen atoms in total. The van der Waals surface area contributed by atoms with Gasteiger partial charge in [0.1, 0.15) is 5.82 Å². The second-order valence-corrected chi connectivity index (χ2v) is 5.36. The first kappa shape index (κ1) is 19.2. The van der Waals surface area contributed by atoms with E-state index in [-0.39, 0.29) is 18.4 Å². The molecule has 1 aromatic rings. The van der Waals surface area contributed by atoms with E-state index in [9.17, 15) is 17.6 Å². The lowest BCUT2D eigenvalue weighted by Crippen LogP contribution is -2.45. The number of nitrogens with zero attached hydrogens (tertiary/aromatic N) is 1. The lowest BCUT2D eigenvalue weighted by molar-refractivity contribution is -0.137. The number of nitrogens with one attached hydrogen (secondary N) is 1. The molecule has 1 aromatic carbocycles. The number of hydrogen-bond donors (Lipinski definition) is 1. The maximum atomic E-state index is 13.6. The lowest BCUT2D eigenvalue weighted by Gasteiger charge is -2.35. The summed E-state index contributed by atoms with van der Waals surface area (Å²) in [6.45, 7) is 5.13. The zero-order valence-corrected chi connectivity index (χ0v) is 13.2. The average Bonchev–Trinajstić information content (AvgIpc) is 2.44. The molecule has 0 bridgehead atoms. The van der Waals surface area contributed by atoms with Gasteiger partial charge in [0.15, 0.2) is 0 Å². The van der Waals surface area contributed by atoms with Crippen LogP contribution in [0.25, 0.3) is 0 Å². The van der Waals surface area contributed by atoms with Crippen LogP contribution < -0.4 is 5.32 Å². The fraction of sp³-hybridized carbons (Fsp3) is 0.600. The Kier molecular flexibility index (Phi) is 7.09. The smallest absolute Gasteiger partial charge is 0.314 e. The molecule has 0 unspecified atom stereocenters. The Bertz CT molecular complexity index is 473. The molecular formula is C15H21ClF4N2. The molecule has 0 spiro atoms. The SMILES string of the molecule is CCC[C@@H](c1cc(F)cc(C(F)(F)F)c1)N1CCNCC1.Cl. The van der Waals surface area contributed by atoms with E-state index in [1.54, 1.807) is 0 Å². The first-order chi connectivity index (χ1) is 9.91. The molecule has 0 radical (unpaired) electrons. The number of benzene rings is 1. The highest BCUT2D eigenvalue weighted by Crippen LogP contribution is 2.34. The molecule has 1 saturated heterocycles. The number of alkyl halides is 3. The Balaban J connectivity index is 0.00000242. The van der Waals surface area contributed by atoms with E-state index >= 15 is 0 Å². The third kappa shape index (κ3) is 4.83. The molecule has 0 amide bonds. The van der Waals surface area contributed by atoms with Crippen molar-refractivity contribution >= 4 is 12.4 Å². The van der Waals surface area contributed by atoms with Crippen molar-refractivity contribution in [1.82, 2.24) is 10.2 Å². The fourth-order valence-electron chi connectivity index (χ4n) is 2.80. The number of halogens is 5. The highest BCUT2D eigenvalue weighted by molar-refractivity contribution is 5.85. The van der Waals surface area contributed by atoms with E-state index in [4.69, 9.17) is 0 Å². The average molecular weight is 341 g/mol. The Hall–Kier alpha value is -0.850. The molecular weight excluding hydrogens is 320 g/mol. The van der Waals surface area contributed by atoms with Crippen molar-refractivity contribution in [2.75, 3.05) is 26.2 Å². The van der Waals surface area contributed by atoms with Crippen LogP contribution >= 0.6 is 12.4 Å². The van der Waals surface area contributed by atoms with Crippen molar-refractivity contribution in [1.29, 1.82) is 0 Å². The third-order valence-corrected chi connectivity index (χ3v) is 3.79. The predicted octanol–water partition coefficient (Wildman–Crippen LogP) is 4.01. The number of piperazine rings is 1. The first-order valence-corrected chi connectivity index (χ1v) is 7.24. The molecule has 0 aromatic heterocycles. The summed E-state index contributed by atoms with van der Waals surface area (Å²) in [5.74, 6) is -0.823. The van der Waals surface area contributed by atoms with E-state index < -0.39 is 17.6 Å². The van der Waals surface area contributed by atoms with Crippen LogP contribution in [0, 0.1) is 5.82 Å². The molecule has 126 valence electrons. The van der Waals surface area contributed by atoms with E-state index in [2.05, 4.69) is 10.2 Å². The summed E-state index contributed by atoms with van der Waals surface area (Å²) >= 11 is 0. The number of rotatable bonds is 4. The molecule has 1 aliphatic heterocycles. The molecule has 1 heterocycles. The number of hydrogen-bond acceptors (Lipinski definition) is 2. The largest absolute Gasteiger partial charge is 0.416 e. The highest BCUT2D eigenvalue weighted by atomic mass is 35.5. The molecule has 1 fully saturated rings. The lowest BCUT2D eigenvalue weighted by atomic mass is 9.97. The van der Waals surface area contributed by atoms with Gasteiger partial charge in [-0.1, -0.05) is 13.3 Å². The van der Waals surface area contributed by atoms with Crippen molar-refractivity contribution < 1.29 is 17.6 Å². The zero-order chi connectivity index (χ0) is 15.5. The van der Waals surface area contributed by atoms with Gasteiger partial charge in [-0.3, -0.25) is 4.90 Å². The molecule has 1 atom stereocenters.